The number of hydrogen-bond donors (Lipinski definition) is 1. The van der Waals surface area contributed by atoms with Gasteiger partial charge in [-0.25, -0.2) is 0 Å². The van der Waals surface area contributed by atoms with Crippen molar-refractivity contribution in [1.82, 2.24) is 4.90 Å². The van der Waals surface area contributed by atoms with E-state index < -0.39 is 11.0 Å². The molecule has 1 amide bonds. The molecule has 0 aliphatic carbocycles. The number of amides is 1. The smallest absolute Gasteiger partial charge is 0.269 e. The summed E-state index contributed by atoms with van der Waals surface area (Å²) in [5, 5.41) is 21.0. The maximum atomic E-state index is 12.2. The quantitative estimate of drug-likeness (QED) is 0.666. The van der Waals surface area contributed by atoms with Crippen molar-refractivity contribution in [3.63, 3.8) is 0 Å². The molecule has 0 spiro atoms. The van der Waals surface area contributed by atoms with Crippen molar-refractivity contribution in [3.8, 4) is 0 Å². The second-order valence-electron chi connectivity index (χ2n) is 5.48. The van der Waals surface area contributed by atoms with Crippen LogP contribution in [0.3, 0.4) is 0 Å². The van der Waals surface area contributed by atoms with Crippen LogP contribution in [0.25, 0.3) is 0 Å². The van der Waals surface area contributed by atoms with E-state index in [4.69, 9.17) is 0 Å². The summed E-state index contributed by atoms with van der Waals surface area (Å²) in [6.45, 7) is 0.156. The van der Waals surface area contributed by atoms with Gasteiger partial charge in [-0.1, -0.05) is 30.3 Å². The molecule has 1 N–H and O–H groups in total. The highest BCUT2D eigenvalue weighted by molar-refractivity contribution is 8.00. The zero-order chi connectivity index (χ0) is 17.1. The third-order valence-corrected chi connectivity index (χ3v) is 5.17. The van der Waals surface area contributed by atoms with Gasteiger partial charge in [0.2, 0.25) is 5.91 Å². The highest BCUT2D eigenvalue weighted by Crippen LogP contribution is 2.39. The number of nitro groups is 1. The molecule has 1 aliphatic rings. The molecule has 2 aromatic rings. The summed E-state index contributed by atoms with van der Waals surface area (Å²) in [4.78, 5) is 24.0. The lowest BCUT2D eigenvalue weighted by Gasteiger charge is -2.26. The van der Waals surface area contributed by atoms with Crippen LogP contribution in [0.4, 0.5) is 5.69 Å². The monoisotopic (exact) mass is 344 g/mol. The fraction of sp³-hybridized carbons (Fsp3) is 0.235. The topological polar surface area (TPSA) is 83.7 Å². The van der Waals surface area contributed by atoms with Gasteiger partial charge in [0, 0.05) is 12.1 Å². The molecule has 1 aliphatic heterocycles. The molecular weight excluding hydrogens is 328 g/mol. The van der Waals surface area contributed by atoms with Crippen molar-refractivity contribution in [3.05, 3.63) is 75.8 Å². The first kappa shape index (κ1) is 16.5. The van der Waals surface area contributed by atoms with Crippen LogP contribution in [0, 0.1) is 10.1 Å². The largest absolute Gasteiger partial charge is 0.387 e. The van der Waals surface area contributed by atoms with Crippen LogP contribution in [-0.2, 0) is 4.79 Å². The Balaban J connectivity index is 1.75. The summed E-state index contributed by atoms with van der Waals surface area (Å²) < 4.78 is 0. The summed E-state index contributed by atoms with van der Waals surface area (Å²) >= 11 is 1.53. The Labute approximate surface area is 143 Å². The van der Waals surface area contributed by atoms with E-state index in [-0.39, 0.29) is 23.5 Å². The summed E-state index contributed by atoms with van der Waals surface area (Å²) in [5.41, 5.74) is 1.54. The number of benzene rings is 2. The number of β-amino-alcohol motifs (C(OH)–C–C–N with tert-alkyl or cyclic N) is 1. The Bertz CT molecular complexity index is 736. The van der Waals surface area contributed by atoms with Gasteiger partial charge in [-0.2, -0.15) is 0 Å². The second kappa shape index (κ2) is 7.02. The SMILES string of the molecule is O=C1CS[C@H](c2ccccc2)N1C[C@H](O)c1ccc([N+](=O)[O-])cc1. The zero-order valence-corrected chi connectivity index (χ0v) is 13.6. The van der Waals surface area contributed by atoms with E-state index in [1.807, 2.05) is 30.3 Å². The number of hydrogen-bond acceptors (Lipinski definition) is 5. The minimum Gasteiger partial charge on any atom is -0.387 e. The number of carbonyl (C=O) groups is 1. The van der Waals surface area contributed by atoms with Crippen molar-refractivity contribution in [2.75, 3.05) is 12.3 Å². The molecule has 1 saturated heterocycles. The third kappa shape index (κ3) is 3.42. The molecule has 2 aromatic carbocycles. The van der Waals surface area contributed by atoms with Gasteiger partial charge >= 0.3 is 0 Å². The normalized spacial score (nSPS) is 18.6. The summed E-state index contributed by atoms with van der Waals surface area (Å²) in [5.74, 6) is 0.363. The van der Waals surface area contributed by atoms with Gasteiger partial charge in [0.25, 0.3) is 5.69 Å². The first-order valence-corrected chi connectivity index (χ1v) is 8.49. The molecule has 0 radical (unpaired) electrons. The molecule has 3 rings (SSSR count). The highest BCUT2D eigenvalue weighted by atomic mass is 32.2. The average molecular weight is 344 g/mol. The van der Waals surface area contributed by atoms with E-state index >= 15 is 0 Å². The fourth-order valence-corrected chi connectivity index (χ4v) is 3.85. The number of thioether (sulfide) groups is 1. The number of aliphatic hydroxyl groups excluding tert-OH is 1. The Morgan fingerprint density at radius 3 is 2.50 bits per heavy atom. The van der Waals surface area contributed by atoms with E-state index in [0.29, 0.717) is 11.3 Å². The second-order valence-corrected chi connectivity index (χ2v) is 6.55. The summed E-state index contributed by atoms with van der Waals surface area (Å²) in [6, 6.07) is 15.4. The van der Waals surface area contributed by atoms with Gasteiger partial charge in [0.15, 0.2) is 0 Å². The highest BCUT2D eigenvalue weighted by Gasteiger charge is 2.34. The predicted octanol–water partition coefficient (Wildman–Crippen LogP) is 2.90. The van der Waals surface area contributed by atoms with Gasteiger partial charge in [-0.05, 0) is 23.3 Å². The van der Waals surface area contributed by atoms with E-state index in [1.54, 1.807) is 4.90 Å². The molecule has 0 saturated carbocycles. The molecule has 7 heteroatoms. The molecule has 6 nitrogen and oxygen atoms in total. The van der Waals surface area contributed by atoms with Crippen molar-refractivity contribution in [1.29, 1.82) is 0 Å². The molecule has 0 aromatic heterocycles. The first-order chi connectivity index (χ1) is 11.6. The predicted molar refractivity (Wildman–Crippen MR) is 91.4 cm³/mol. The van der Waals surface area contributed by atoms with Gasteiger partial charge < -0.3 is 10.0 Å². The summed E-state index contributed by atoms with van der Waals surface area (Å²) in [6.07, 6.45) is -0.889. The molecule has 0 unspecified atom stereocenters. The molecule has 1 heterocycles. The van der Waals surface area contributed by atoms with Gasteiger partial charge in [0.1, 0.15) is 5.37 Å². The fourth-order valence-electron chi connectivity index (χ4n) is 2.66. The van der Waals surface area contributed by atoms with Crippen molar-refractivity contribution >= 4 is 23.4 Å². The number of non-ortho nitro benzene ring substituents is 1. The Kier molecular flexibility index (Phi) is 4.82. The Morgan fingerprint density at radius 1 is 1.21 bits per heavy atom. The van der Waals surface area contributed by atoms with Gasteiger partial charge in [0.05, 0.1) is 23.3 Å². The van der Waals surface area contributed by atoms with Gasteiger partial charge in [-0.3, -0.25) is 14.9 Å². The van der Waals surface area contributed by atoms with Crippen molar-refractivity contribution in [2.45, 2.75) is 11.5 Å². The van der Waals surface area contributed by atoms with Crippen LogP contribution in [0.2, 0.25) is 0 Å². The standard InChI is InChI=1S/C17H16N2O4S/c20-15(12-6-8-14(9-7-12)19(22)23)10-18-16(21)11-24-17(18)13-4-2-1-3-5-13/h1-9,15,17,20H,10-11H2/t15-,17+/m0/s1. The zero-order valence-electron chi connectivity index (χ0n) is 12.7. The number of aliphatic hydroxyl groups is 1. The number of nitrogens with zero attached hydrogens (tertiary/aromatic N) is 2. The number of nitro benzene ring substituents is 1. The molecule has 24 heavy (non-hydrogen) atoms. The number of rotatable bonds is 5. The molecule has 124 valence electrons. The van der Waals surface area contributed by atoms with Gasteiger partial charge in [-0.15, -0.1) is 11.8 Å². The Hall–Kier alpha value is -2.38. The van der Waals surface area contributed by atoms with Crippen LogP contribution in [0.5, 0.6) is 0 Å². The first-order valence-electron chi connectivity index (χ1n) is 7.44. The van der Waals surface area contributed by atoms with Crippen LogP contribution in [0.1, 0.15) is 22.6 Å². The Morgan fingerprint density at radius 2 is 1.88 bits per heavy atom. The molecule has 1 fully saturated rings. The lowest BCUT2D eigenvalue weighted by atomic mass is 10.1. The minimum atomic E-state index is -0.889. The van der Waals surface area contributed by atoms with Crippen LogP contribution < -0.4 is 0 Å². The average Bonchev–Trinajstić information content (AvgIpc) is 2.96. The number of carbonyl (C=O) groups excluding carboxylic acids is 1. The maximum Gasteiger partial charge on any atom is 0.269 e. The summed E-state index contributed by atoms with van der Waals surface area (Å²) in [7, 11) is 0. The van der Waals surface area contributed by atoms with E-state index in [2.05, 4.69) is 0 Å². The van der Waals surface area contributed by atoms with E-state index in [9.17, 15) is 20.0 Å². The van der Waals surface area contributed by atoms with Crippen LogP contribution in [0.15, 0.2) is 54.6 Å². The van der Waals surface area contributed by atoms with Crippen molar-refractivity contribution < 1.29 is 14.8 Å². The minimum absolute atomic E-state index is 0.0187. The van der Waals surface area contributed by atoms with Crippen molar-refractivity contribution in [2.24, 2.45) is 0 Å². The maximum absolute atomic E-state index is 12.2. The molecule has 0 bridgehead atoms. The third-order valence-electron chi connectivity index (χ3n) is 3.91. The van der Waals surface area contributed by atoms with E-state index in [0.717, 1.165) is 5.56 Å². The lowest BCUT2D eigenvalue weighted by Crippen LogP contribution is -2.32. The van der Waals surface area contributed by atoms with Crippen LogP contribution in [-0.4, -0.2) is 33.1 Å². The molecule has 2 atom stereocenters. The molecular formula is C17H16N2O4S. The lowest BCUT2D eigenvalue weighted by molar-refractivity contribution is -0.384. The van der Waals surface area contributed by atoms with E-state index in [1.165, 1.54) is 36.0 Å². The van der Waals surface area contributed by atoms with Crippen LogP contribution >= 0.6 is 11.8 Å².